The van der Waals surface area contributed by atoms with Gasteiger partial charge >= 0.3 is 0 Å². The lowest BCUT2D eigenvalue weighted by molar-refractivity contribution is 0.0246. The maximum atomic E-state index is 12.4. The summed E-state index contributed by atoms with van der Waals surface area (Å²) in [6.07, 6.45) is 7.16. The molecule has 0 atom stereocenters. The van der Waals surface area contributed by atoms with Crippen molar-refractivity contribution in [1.29, 1.82) is 0 Å². The molecule has 0 saturated heterocycles. The van der Waals surface area contributed by atoms with Crippen LogP contribution in [0.2, 0.25) is 5.02 Å². The Morgan fingerprint density at radius 1 is 1.29 bits per heavy atom. The summed E-state index contributed by atoms with van der Waals surface area (Å²) in [4.78, 5) is 12.4. The molecule has 3 rings (SSSR count). The van der Waals surface area contributed by atoms with Gasteiger partial charge in [0, 0.05) is 6.54 Å². The Kier molecular flexibility index (Phi) is 5.11. The largest absolute Gasteiger partial charge is 0.388 e. The van der Waals surface area contributed by atoms with Crippen molar-refractivity contribution in [3.8, 4) is 5.69 Å². The predicted molar refractivity (Wildman–Crippen MR) is 89.1 cm³/mol. The third kappa shape index (κ3) is 3.91. The van der Waals surface area contributed by atoms with Crippen LogP contribution in [0.15, 0.2) is 24.5 Å². The van der Waals surface area contributed by atoms with E-state index in [1.807, 2.05) is 0 Å². The molecule has 0 unspecified atom stereocenters. The van der Waals surface area contributed by atoms with Crippen LogP contribution in [-0.4, -0.2) is 43.4 Å². The van der Waals surface area contributed by atoms with Gasteiger partial charge in [-0.3, -0.25) is 4.79 Å². The molecule has 7 nitrogen and oxygen atoms in total. The first kappa shape index (κ1) is 16.9. The molecule has 24 heavy (non-hydrogen) atoms. The molecule has 2 N–H and O–H groups in total. The Bertz CT molecular complexity index is 696. The van der Waals surface area contributed by atoms with Gasteiger partial charge in [-0.2, -0.15) is 0 Å². The van der Waals surface area contributed by atoms with Crippen molar-refractivity contribution < 1.29 is 9.90 Å². The molecule has 0 radical (unpaired) electrons. The summed E-state index contributed by atoms with van der Waals surface area (Å²) in [7, 11) is 0. The number of hydrogen-bond donors (Lipinski definition) is 2. The zero-order valence-corrected chi connectivity index (χ0v) is 14.0. The molecule has 128 valence electrons. The molecule has 2 aromatic rings. The van der Waals surface area contributed by atoms with Crippen LogP contribution in [0.4, 0.5) is 0 Å². The summed E-state index contributed by atoms with van der Waals surface area (Å²) in [6, 6.07) is 4.98. The van der Waals surface area contributed by atoms with Gasteiger partial charge in [-0.1, -0.05) is 37.3 Å². The first-order chi connectivity index (χ1) is 11.6. The molecule has 0 bridgehead atoms. The van der Waals surface area contributed by atoms with Crippen LogP contribution in [0.1, 0.15) is 48.9 Å². The molecule has 0 aliphatic heterocycles. The van der Waals surface area contributed by atoms with Gasteiger partial charge in [-0.05, 0) is 41.5 Å². The van der Waals surface area contributed by atoms with E-state index in [1.165, 1.54) is 11.0 Å². The molecular formula is C16H20ClN5O2. The molecule has 1 amide bonds. The number of amides is 1. The number of carbonyl (C=O) groups is 1. The summed E-state index contributed by atoms with van der Waals surface area (Å²) >= 11 is 6.22. The second kappa shape index (κ2) is 7.27. The second-order valence-electron chi connectivity index (χ2n) is 6.24. The van der Waals surface area contributed by atoms with Crippen molar-refractivity contribution in [3.05, 3.63) is 35.1 Å². The molecular weight excluding hydrogens is 330 g/mol. The van der Waals surface area contributed by atoms with E-state index in [1.54, 1.807) is 18.2 Å². The smallest absolute Gasteiger partial charge is 0.252 e. The van der Waals surface area contributed by atoms with Gasteiger partial charge in [-0.15, -0.1) is 5.10 Å². The van der Waals surface area contributed by atoms with Crippen LogP contribution in [0.5, 0.6) is 0 Å². The van der Waals surface area contributed by atoms with E-state index >= 15 is 0 Å². The van der Waals surface area contributed by atoms with Crippen molar-refractivity contribution in [1.82, 2.24) is 25.5 Å². The lowest BCUT2D eigenvalue weighted by atomic mass is 9.94. The maximum Gasteiger partial charge on any atom is 0.252 e. The predicted octanol–water partition coefficient (Wildman–Crippen LogP) is 2.13. The first-order valence-corrected chi connectivity index (χ1v) is 8.49. The molecule has 1 aromatic carbocycles. The molecule has 8 heteroatoms. The fraction of sp³-hybridized carbons (Fsp3) is 0.500. The average molecular weight is 350 g/mol. The van der Waals surface area contributed by atoms with Crippen LogP contribution in [0, 0.1) is 0 Å². The Balaban J connectivity index is 1.66. The highest BCUT2D eigenvalue weighted by Crippen LogP contribution is 2.26. The van der Waals surface area contributed by atoms with Crippen molar-refractivity contribution in [2.45, 2.75) is 44.1 Å². The number of benzene rings is 1. The minimum absolute atomic E-state index is 0.247. The van der Waals surface area contributed by atoms with E-state index in [0.717, 1.165) is 38.5 Å². The van der Waals surface area contributed by atoms with Gasteiger partial charge in [0.05, 0.1) is 21.9 Å². The monoisotopic (exact) mass is 349 g/mol. The third-order valence-corrected chi connectivity index (χ3v) is 4.74. The molecule has 1 aliphatic rings. The SMILES string of the molecule is O=C(NCC1(O)CCCCCC1)c1ccc(-n2cnnn2)cc1Cl. The summed E-state index contributed by atoms with van der Waals surface area (Å²) < 4.78 is 1.46. The van der Waals surface area contributed by atoms with E-state index in [9.17, 15) is 9.90 Å². The number of aromatic nitrogens is 4. The lowest BCUT2D eigenvalue weighted by Gasteiger charge is -2.26. The van der Waals surface area contributed by atoms with Crippen molar-refractivity contribution in [3.63, 3.8) is 0 Å². The highest BCUT2D eigenvalue weighted by molar-refractivity contribution is 6.34. The van der Waals surface area contributed by atoms with Gasteiger partial charge in [0.1, 0.15) is 6.33 Å². The number of hydrogen-bond acceptors (Lipinski definition) is 5. The van der Waals surface area contributed by atoms with E-state index < -0.39 is 5.60 Å². The third-order valence-electron chi connectivity index (χ3n) is 4.42. The molecule has 1 heterocycles. The minimum atomic E-state index is -0.815. The van der Waals surface area contributed by atoms with E-state index in [0.29, 0.717) is 16.3 Å². The van der Waals surface area contributed by atoms with Crippen LogP contribution in [0.3, 0.4) is 0 Å². The number of tetrazole rings is 1. The highest BCUT2D eigenvalue weighted by Gasteiger charge is 2.28. The van der Waals surface area contributed by atoms with E-state index in [-0.39, 0.29) is 12.5 Å². The Morgan fingerprint density at radius 3 is 2.67 bits per heavy atom. The topological polar surface area (TPSA) is 92.9 Å². The van der Waals surface area contributed by atoms with E-state index in [2.05, 4.69) is 20.8 Å². The number of nitrogens with zero attached hydrogens (tertiary/aromatic N) is 4. The van der Waals surface area contributed by atoms with Gasteiger partial charge in [0.2, 0.25) is 0 Å². The number of halogens is 1. The average Bonchev–Trinajstić information content (AvgIpc) is 3.02. The summed E-state index contributed by atoms with van der Waals surface area (Å²) in [5, 5.41) is 24.6. The number of carbonyl (C=O) groups excluding carboxylic acids is 1. The molecule has 1 aromatic heterocycles. The fourth-order valence-corrected chi connectivity index (χ4v) is 3.27. The number of aliphatic hydroxyl groups is 1. The molecule has 1 saturated carbocycles. The van der Waals surface area contributed by atoms with Crippen LogP contribution in [-0.2, 0) is 0 Å². The normalized spacial score (nSPS) is 17.2. The quantitative estimate of drug-likeness (QED) is 0.825. The van der Waals surface area contributed by atoms with E-state index in [4.69, 9.17) is 11.6 Å². The highest BCUT2D eigenvalue weighted by atomic mass is 35.5. The van der Waals surface area contributed by atoms with Crippen molar-refractivity contribution in [2.24, 2.45) is 0 Å². The number of nitrogens with one attached hydrogen (secondary N) is 1. The summed E-state index contributed by atoms with van der Waals surface area (Å²) in [5.41, 5.74) is 0.222. The number of rotatable bonds is 4. The Labute approximate surface area is 145 Å². The molecule has 0 spiro atoms. The van der Waals surface area contributed by atoms with Gasteiger partial charge < -0.3 is 10.4 Å². The Morgan fingerprint density at radius 2 is 2.04 bits per heavy atom. The summed E-state index contributed by atoms with van der Waals surface area (Å²) in [6.45, 7) is 0.247. The standard InChI is InChI=1S/C16H20ClN5O2/c17-14-9-12(22-11-19-20-21-22)5-6-13(14)15(23)18-10-16(24)7-3-1-2-4-8-16/h5-6,9,11,24H,1-4,7-8,10H2,(H,18,23). The van der Waals surface area contributed by atoms with Crippen LogP contribution >= 0.6 is 11.6 Å². The first-order valence-electron chi connectivity index (χ1n) is 8.11. The van der Waals surface area contributed by atoms with Gasteiger partial charge in [-0.25, -0.2) is 4.68 Å². The zero-order chi connectivity index (χ0) is 17.0. The lowest BCUT2D eigenvalue weighted by Crippen LogP contribution is -2.42. The zero-order valence-electron chi connectivity index (χ0n) is 13.3. The summed E-state index contributed by atoms with van der Waals surface area (Å²) in [5.74, 6) is -0.291. The van der Waals surface area contributed by atoms with Crippen LogP contribution in [0.25, 0.3) is 5.69 Å². The maximum absolute atomic E-state index is 12.4. The van der Waals surface area contributed by atoms with Crippen molar-refractivity contribution in [2.75, 3.05) is 6.54 Å². The van der Waals surface area contributed by atoms with Gasteiger partial charge in [0.15, 0.2) is 0 Å². The molecule has 1 aliphatic carbocycles. The fourth-order valence-electron chi connectivity index (χ4n) is 3.01. The minimum Gasteiger partial charge on any atom is -0.388 e. The van der Waals surface area contributed by atoms with Crippen LogP contribution < -0.4 is 5.32 Å². The van der Waals surface area contributed by atoms with Crippen molar-refractivity contribution >= 4 is 17.5 Å². The second-order valence-corrected chi connectivity index (χ2v) is 6.65. The van der Waals surface area contributed by atoms with Gasteiger partial charge in [0.25, 0.3) is 5.91 Å². The Hall–Kier alpha value is -1.99. The molecule has 1 fully saturated rings.